The van der Waals surface area contributed by atoms with Gasteiger partial charge in [0.15, 0.2) is 0 Å². The van der Waals surface area contributed by atoms with Crippen LogP contribution >= 0.6 is 0 Å². The van der Waals surface area contributed by atoms with Gasteiger partial charge in [0.25, 0.3) is 0 Å². The number of aliphatic carboxylic acids is 2. The Hall–Kier alpha value is -1.14. The van der Waals surface area contributed by atoms with Crippen molar-refractivity contribution in [3.05, 3.63) is 0 Å². The highest BCUT2D eigenvalue weighted by molar-refractivity contribution is 6.00. The third-order valence-electron chi connectivity index (χ3n) is 2.58. The van der Waals surface area contributed by atoms with Gasteiger partial charge in [-0.25, -0.2) is 4.79 Å². The number of likely N-dealkylation sites (N-methyl/N-ethyl adjacent to an activating group) is 1. The van der Waals surface area contributed by atoms with Gasteiger partial charge in [0.1, 0.15) is 5.97 Å². The van der Waals surface area contributed by atoms with Gasteiger partial charge in [-0.1, -0.05) is 0 Å². The number of rotatable bonds is 6. The summed E-state index contributed by atoms with van der Waals surface area (Å²) in [5.41, 5.74) is 3.33. The Labute approximate surface area is 88.9 Å². The molecule has 0 aliphatic carbocycles. The van der Waals surface area contributed by atoms with Gasteiger partial charge in [-0.15, -0.1) is 0 Å². The zero-order valence-corrected chi connectivity index (χ0v) is 9.32. The number of carboxylic acid groups (broad SMARTS) is 2. The molecule has 0 radical (unpaired) electrons. The van der Waals surface area contributed by atoms with E-state index in [1.54, 1.807) is 0 Å². The molecule has 1 atom stereocenters. The summed E-state index contributed by atoms with van der Waals surface area (Å²) >= 11 is 0. The van der Waals surface area contributed by atoms with Crippen molar-refractivity contribution in [1.29, 1.82) is 0 Å². The normalized spacial score (nSPS) is 15.7. The molecule has 0 saturated heterocycles. The van der Waals surface area contributed by atoms with Crippen LogP contribution < -0.4 is 10.8 Å². The molecule has 6 nitrogen and oxygen atoms in total. The summed E-state index contributed by atoms with van der Waals surface area (Å²) in [5.74, 6) is -2.96. The Balaban J connectivity index is 5.29. The highest BCUT2D eigenvalue weighted by Crippen LogP contribution is 2.24. The lowest BCUT2D eigenvalue weighted by Crippen LogP contribution is -2.70. The van der Waals surface area contributed by atoms with E-state index < -0.39 is 17.5 Å². The molecule has 0 fully saturated rings. The van der Waals surface area contributed by atoms with Crippen molar-refractivity contribution in [3.63, 3.8) is 0 Å². The molecule has 0 aromatic rings. The smallest absolute Gasteiger partial charge is 0.372 e. The maximum atomic E-state index is 11.1. The summed E-state index contributed by atoms with van der Waals surface area (Å²) in [4.78, 5) is 22.2. The van der Waals surface area contributed by atoms with Gasteiger partial charge in [-0.2, -0.15) is 0 Å². The fourth-order valence-electron chi connectivity index (χ4n) is 1.55. The lowest BCUT2D eigenvalue weighted by Gasteiger charge is -2.43. The third-order valence-corrected chi connectivity index (χ3v) is 2.58. The number of carbonyl (C=O) groups excluding carboxylic acids is 1. The number of carbonyl (C=O) groups is 2. The highest BCUT2D eigenvalue weighted by Gasteiger charge is 2.51. The van der Waals surface area contributed by atoms with E-state index in [0.29, 0.717) is 6.42 Å². The van der Waals surface area contributed by atoms with Crippen molar-refractivity contribution in [2.45, 2.75) is 18.4 Å². The minimum Gasteiger partial charge on any atom is -0.543 e. The zero-order chi connectivity index (χ0) is 12.3. The van der Waals surface area contributed by atoms with Gasteiger partial charge in [0.2, 0.25) is 5.54 Å². The topological polar surface area (TPSA) is 103 Å². The monoisotopic (exact) mass is 218 g/mol. The second kappa shape index (κ2) is 4.59. The molecule has 0 aliphatic rings. The van der Waals surface area contributed by atoms with Crippen LogP contribution in [0.15, 0.2) is 0 Å². The van der Waals surface area contributed by atoms with Crippen molar-refractivity contribution in [2.24, 2.45) is 5.73 Å². The Morgan fingerprint density at radius 2 is 1.87 bits per heavy atom. The first-order valence-electron chi connectivity index (χ1n) is 4.66. The molecule has 0 aliphatic heterocycles. The largest absolute Gasteiger partial charge is 0.543 e. The van der Waals surface area contributed by atoms with Crippen molar-refractivity contribution in [3.8, 4) is 0 Å². The van der Waals surface area contributed by atoms with Crippen LogP contribution in [0.1, 0.15) is 12.8 Å². The van der Waals surface area contributed by atoms with E-state index >= 15 is 0 Å². The van der Waals surface area contributed by atoms with Crippen LogP contribution in [0.25, 0.3) is 0 Å². The van der Waals surface area contributed by atoms with E-state index in [1.807, 2.05) is 0 Å². The molecule has 0 rings (SSSR count). The summed E-state index contributed by atoms with van der Waals surface area (Å²) in [5, 5.41) is 20.1. The molecule has 0 aromatic heterocycles. The molecule has 0 bridgehead atoms. The molecule has 3 N–H and O–H groups in total. The molecule has 88 valence electrons. The van der Waals surface area contributed by atoms with E-state index in [9.17, 15) is 14.7 Å². The summed E-state index contributed by atoms with van der Waals surface area (Å²) < 4.78 is -0.231. The Morgan fingerprint density at radius 1 is 1.40 bits per heavy atom. The van der Waals surface area contributed by atoms with Crippen molar-refractivity contribution in [1.82, 2.24) is 0 Å². The van der Waals surface area contributed by atoms with E-state index in [1.165, 1.54) is 21.1 Å². The van der Waals surface area contributed by atoms with Crippen LogP contribution in [0.4, 0.5) is 0 Å². The molecule has 0 heterocycles. The quantitative estimate of drug-likeness (QED) is 0.396. The molecule has 1 unspecified atom stereocenters. The number of nitrogens with zero attached hydrogens (tertiary/aromatic N) is 1. The number of hydrogen-bond acceptors (Lipinski definition) is 4. The van der Waals surface area contributed by atoms with Gasteiger partial charge in [0.05, 0.1) is 21.1 Å². The second-order valence-electron chi connectivity index (χ2n) is 4.36. The van der Waals surface area contributed by atoms with Crippen LogP contribution in [-0.4, -0.2) is 54.8 Å². The molecule has 6 heteroatoms. The predicted molar refractivity (Wildman–Crippen MR) is 51.7 cm³/mol. The third kappa shape index (κ3) is 2.45. The molecule has 15 heavy (non-hydrogen) atoms. The molecule has 0 spiro atoms. The number of carboxylic acids is 2. The molecule has 0 amide bonds. The summed E-state index contributed by atoms with van der Waals surface area (Å²) in [6, 6.07) is 0. The van der Waals surface area contributed by atoms with Crippen molar-refractivity contribution >= 4 is 11.9 Å². The minimum absolute atomic E-state index is 0.0370. The summed E-state index contributed by atoms with van der Waals surface area (Å²) in [7, 11) is 4.54. The van der Waals surface area contributed by atoms with E-state index in [2.05, 4.69) is 0 Å². The first-order valence-corrected chi connectivity index (χ1v) is 4.66. The fraction of sp³-hybridized carbons (Fsp3) is 0.778. The van der Waals surface area contributed by atoms with Crippen LogP contribution in [-0.2, 0) is 9.59 Å². The fourth-order valence-corrected chi connectivity index (χ4v) is 1.55. The van der Waals surface area contributed by atoms with Gasteiger partial charge in [-0.3, -0.25) is 0 Å². The van der Waals surface area contributed by atoms with E-state index in [0.717, 1.165) is 0 Å². The molecular formula is C9H18N2O4. The standard InChI is InChI=1S/C9H18N2O4/c1-11(2,3)9(7(12)13,8(14)15)5-4-6-10/h4-6,10H2,1-3H3,(H-,12,13,14,15). The Morgan fingerprint density at radius 3 is 2.07 bits per heavy atom. The molecule has 0 aromatic carbocycles. The van der Waals surface area contributed by atoms with E-state index in [-0.39, 0.29) is 17.4 Å². The van der Waals surface area contributed by atoms with Crippen LogP contribution in [0.5, 0.6) is 0 Å². The van der Waals surface area contributed by atoms with Crippen LogP contribution in [0.3, 0.4) is 0 Å². The van der Waals surface area contributed by atoms with Gasteiger partial charge in [-0.05, 0) is 13.0 Å². The maximum Gasteiger partial charge on any atom is 0.372 e. The summed E-state index contributed by atoms with van der Waals surface area (Å²) in [6.07, 6.45) is 0.292. The molecular weight excluding hydrogens is 200 g/mol. The average molecular weight is 218 g/mol. The lowest BCUT2D eigenvalue weighted by atomic mass is 9.90. The lowest BCUT2D eigenvalue weighted by molar-refractivity contribution is -0.907. The predicted octanol–water partition coefficient (Wildman–Crippen LogP) is -2.00. The Bertz CT molecular complexity index is 243. The SMILES string of the molecule is C[N+](C)(C)C(CCCN)(C(=O)[O-])C(=O)O. The molecule has 0 saturated carbocycles. The van der Waals surface area contributed by atoms with Crippen LogP contribution in [0, 0.1) is 0 Å². The first kappa shape index (κ1) is 13.9. The first-order chi connectivity index (χ1) is 6.70. The second-order valence-corrected chi connectivity index (χ2v) is 4.36. The van der Waals surface area contributed by atoms with Gasteiger partial charge in [0, 0.05) is 6.42 Å². The zero-order valence-electron chi connectivity index (χ0n) is 9.32. The minimum atomic E-state index is -1.93. The van der Waals surface area contributed by atoms with Gasteiger partial charge >= 0.3 is 5.97 Å². The highest BCUT2D eigenvalue weighted by atomic mass is 16.4. The summed E-state index contributed by atoms with van der Waals surface area (Å²) in [6.45, 7) is 0.252. The van der Waals surface area contributed by atoms with Crippen molar-refractivity contribution in [2.75, 3.05) is 27.7 Å². The Kier molecular flexibility index (Phi) is 4.24. The van der Waals surface area contributed by atoms with E-state index in [4.69, 9.17) is 10.8 Å². The number of hydrogen-bond donors (Lipinski definition) is 2. The number of nitrogens with two attached hydrogens (primary N) is 1. The number of quaternary nitrogens is 1. The van der Waals surface area contributed by atoms with Crippen molar-refractivity contribution < 1.29 is 24.3 Å². The van der Waals surface area contributed by atoms with Gasteiger partial charge < -0.3 is 25.2 Å². The maximum absolute atomic E-state index is 11.1. The average Bonchev–Trinajstić information content (AvgIpc) is 2.01. The van der Waals surface area contributed by atoms with Crippen LogP contribution in [0.2, 0.25) is 0 Å².